The van der Waals surface area contributed by atoms with Gasteiger partial charge in [-0.25, -0.2) is 4.98 Å². The highest BCUT2D eigenvalue weighted by Gasteiger charge is 2.22. The Hall–Kier alpha value is -2.31. The maximum atomic E-state index is 13.2. The standard InChI is InChI=1S/C8H5FN4O2/c9-6-3-1-2-5(7(6)13(14)15)8-10-4-11-12-8/h1-4H,(H,10,11,12). The maximum absolute atomic E-state index is 13.2. The fourth-order valence-electron chi connectivity index (χ4n) is 1.23. The average Bonchev–Trinajstić information content (AvgIpc) is 2.69. The van der Waals surface area contributed by atoms with E-state index >= 15 is 0 Å². The molecule has 1 heterocycles. The van der Waals surface area contributed by atoms with Crippen molar-refractivity contribution in [2.75, 3.05) is 0 Å². The average molecular weight is 208 g/mol. The van der Waals surface area contributed by atoms with Crippen molar-refractivity contribution in [3.63, 3.8) is 0 Å². The first-order valence-corrected chi connectivity index (χ1v) is 3.99. The van der Waals surface area contributed by atoms with E-state index in [1.54, 1.807) is 0 Å². The fraction of sp³-hybridized carbons (Fsp3) is 0. The second-order valence-corrected chi connectivity index (χ2v) is 2.73. The van der Waals surface area contributed by atoms with Gasteiger partial charge in [-0.3, -0.25) is 15.2 Å². The first kappa shape index (κ1) is 9.25. The number of aromatic nitrogens is 3. The van der Waals surface area contributed by atoms with E-state index in [0.717, 1.165) is 6.07 Å². The van der Waals surface area contributed by atoms with Crippen molar-refractivity contribution >= 4 is 5.69 Å². The molecule has 0 unspecified atom stereocenters. The van der Waals surface area contributed by atoms with Crippen LogP contribution in [0.5, 0.6) is 0 Å². The summed E-state index contributed by atoms with van der Waals surface area (Å²) in [5, 5.41) is 16.6. The van der Waals surface area contributed by atoms with Gasteiger partial charge in [0, 0.05) is 0 Å². The Morgan fingerprint density at radius 3 is 2.87 bits per heavy atom. The highest BCUT2D eigenvalue weighted by Crippen LogP contribution is 2.29. The maximum Gasteiger partial charge on any atom is 0.315 e. The van der Waals surface area contributed by atoms with Crippen LogP contribution >= 0.6 is 0 Å². The van der Waals surface area contributed by atoms with E-state index in [9.17, 15) is 14.5 Å². The van der Waals surface area contributed by atoms with Gasteiger partial charge in [-0.2, -0.15) is 9.49 Å². The number of nitrogens with one attached hydrogen (secondary N) is 1. The normalized spacial score (nSPS) is 10.2. The van der Waals surface area contributed by atoms with Gasteiger partial charge in [0.05, 0.1) is 10.5 Å². The smallest absolute Gasteiger partial charge is 0.259 e. The number of para-hydroxylation sites is 1. The molecule has 15 heavy (non-hydrogen) atoms. The van der Waals surface area contributed by atoms with Gasteiger partial charge in [-0.1, -0.05) is 6.07 Å². The summed E-state index contributed by atoms with van der Waals surface area (Å²) >= 11 is 0. The summed E-state index contributed by atoms with van der Waals surface area (Å²) in [5.74, 6) is -0.727. The number of nitro benzene ring substituents is 1. The van der Waals surface area contributed by atoms with E-state index in [4.69, 9.17) is 0 Å². The molecular weight excluding hydrogens is 203 g/mol. The molecule has 7 heteroatoms. The Balaban J connectivity index is 2.66. The SMILES string of the molecule is O=[N+]([O-])c1c(F)cccc1-c1ncn[nH]1. The van der Waals surface area contributed by atoms with Crippen LogP contribution < -0.4 is 0 Å². The van der Waals surface area contributed by atoms with Crippen LogP contribution in [0, 0.1) is 15.9 Å². The highest BCUT2D eigenvalue weighted by atomic mass is 19.1. The predicted molar refractivity (Wildman–Crippen MR) is 48.4 cm³/mol. The third kappa shape index (κ3) is 1.54. The fourth-order valence-corrected chi connectivity index (χ4v) is 1.23. The Bertz CT molecular complexity index is 497. The Morgan fingerprint density at radius 2 is 2.27 bits per heavy atom. The van der Waals surface area contributed by atoms with Crippen LogP contribution in [0.15, 0.2) is 24.5 Å². The minimum Gasteiger partial charge on any atom is -0.259 e. The molecule has 76 valence electrons. The van der Waals surface area contributed by atoms with Crippen molar-refractivity contribution in [2.45, 2.75) is 0 Å². The highest BCUT2D eigenvalue weighted by molar-refractivity contribution is 5.67. The number of hydrogen-bond acceptors (Lipinski definition) is 4. The molecule has 6 nitrogen and oxygen atoms in total. The molecule has 1 aromatic carbocycles. The van der Waals surface area contributed by atoms with Crippen molar-refractivity contribution in [3.8, 4) is 11.4 Å². The zero-order chi connectivity index (χ0) is 10.8. The number of benzene rings is 1. The van der Waals surface area contributed by atoms with Crippen LogP contribution in [0.4, 0.5) is 10.1 Å². The van der Waals surface area contributed by atoms with Gasteiger partial charge in [0.25, 0.3) is 0 Å². The first-order chi connectivity index (χ1) is 7.20. The van der Waals surface area contributed by atoms with E-state index in [2.05, 4.69) is 15.2 Å². The Morgan fingerprint density at radius 1 is 1.47 bits per heavy atom. The summed E-state index contributed by atoms with van der Waals surface area (Å²) in [6.45, 7) is 0. The van der Waals surface area contributed by atoms with Crippen molar-refractivity contribution in [1.29, 1.82) is 0 Å². The van der Waals surface area contributed by atoms with Crippen LogP contribution in [-0.2, 0) is 0 Å². The molecule has 0 spiro atoms. The summed E-state index contributed by atoms with van der Waals surface area (Å²) in [5.41, 5.74) is -0.522. The molecule has 0 saturated carbocycles. The summed E-state index contributed by atoms with van der Waals surface area (Å²) in [6, 6.07) is 3.81. The lowest BCUT2D eigenvalue weighted by molar-refractivity contribution is -0.386. The van der Waals surface area contributed by atoms with Crippen LogP contribution in [0.2, 0.25) is 0 Å². The van der Waals surface area contributed by atoms with Gasteiger partial charge < -0.3 is 0 Å². The molecular formula is C8H5FN4O2. The molecule has 0 amide bonds. The van der Waals surface area contributed by atoms with Crippen molar-refractivity contribution in [1.82, 2.24) is 15.2 Å². The molecule has 0 bridgehead atoms. The van der Waals surface area contributed by atoms with Gasteiger partial charge >= 0.3 is 5.69 Å². The lowest BCUT2D eigenvalue weighted by Gasteiger charge is -1.99. The first-order valence-electron chi connectivity index (χ1n) is 3.99. The second kappa shape index (κ2) is 3.45. The van der Waals surface area contributed by atoms with E-state index < -0.39 is 16.4 Å². The number of halogens is 1. The Labute approximate surface area is 82.9 Å². The molecule has 1 N–H and O–H groups in total. The zero-order valence-electron chi connectivity index (χ0n) is 7.35. The van der Waals surface area contributed by atoms with E-state index in [0.29, 0.717) is 0 Å². The monoisotopic (exact) mass is 208 g/mol. The molecule has 0 fully saturated rings. The number of aromatic amines is 1. The molecule has 0 aliphatic carbocycles. The third-order valence-electron chi connectivity index (χ3n) is 1.84. The summed E-state index contributed by atoms with van der Waals surface area (Å²) in [4.78, 5) is 13.6. The number of H-pyrrole nitrogens is 1. The number of nitro groups is 1. The molecule has 2 rings (SSSR count). The number of nitrogens with zero attached hydrogens (tertiary/aromatic N) is 3. The molecule has 0 atom stereocenters. The van der Waals surface area contributed by atoms with E-state index in [1.165, 1.54) is 18.5 Å². The van der Waals surface area contributed by atoms with Crippen LogP contribution in [0.25, 0.3) is 11.4 Å². The number of rotatable bonds is 2. The van der Waals surface area contributed by atoms with Crippen molar-refractivity contribution in [2.24, 2.45) is 0 Å². The molecule has 0 aliphatic heterocycles. The lowest BCUT2D eigenvalue weighted by atomic mass is 10.1. The van der Waals surface area contributed by atoms with Crippen LogP contribution in [0.1, 0.15) is 0 Å². The zero-order valence-corrected chi connectivity index (χ0v) is 7.35. The van der Waals surface area contributed by atoms with E-state index in [1.807, 2.05) is 0 Å². The van der Waals surface area contributed by atoms with E-state index in [-0.39, 0.29) is 11.4 Å². The van der Waals surface area contributed by atoms with Crippen molar-refractivity contribution in [3.05, 3.63) is 40.5 Å². The second-order valence-electron chi connectivity index (χ2n) is 2.73. The van der Waals surface area contributed by atoms with Crippen LogP contribution in [0.3, 0.4) is 0 Å². The summed E-state index contributed by atoms with van der Waals surface area (Å²) < 4.78 is 13.2. The van der Waals surface area contributed by atoms with Gasteiger partial charge in [0.2, 0.25) is 5.82 Å². The lowest BCUT2D eigenvalue weighted by Crippen LogP contribution is -1.96. The number of hydrogen-bond donors (Lipinski definition) is 1. The third-order valence-corrected chi connectivity index (χ3v) is 1.84. The summed E-state index contributed by atoms with van der Waals surface area (Å²) in [6.07, 6.45) is 1.20. The Kier molecular flexibility index (Phi) is 2.13. The topological polar surface area (TPSA) is 84.7 Å². The van der Waals surface area contributed by atoms with Crippen molar-refractivity contribution < 1.29 is 9.31 Å². The minimum absolute atomic E-state index is 0.0810. The van der Waals surface area contributed by atoms with Gasteiger partial charge in [0.1, 0.15) is 6.33 Å². The molecule has 0 radical (unpaired) electrons. The largest absolute Gasteiger partial charge is 0.315 e. The van der Waals surface area contributed by atoms with Crippen LogP contribution in [-0.4, -0.2) is 20.1 Å². The molecule has 1 aromatic heterocycles. The summed E-state index contributed by atoms with van der Waals surface area (Å²) in [7, 11) is 0. The molecule has 2 aromatic rings. The quantitative estimate of drug-likeness (QED) is 0.598. The minimum atomic E-state index is -0.895. The van der Waals surface area contributed by atoms with Gasteiger partial charge in [-0.05, 0) is 12.1 Å². The molecule has 0 saturated heterocycles. The van der Waals surface area contributed by atoms with Gasteiger partial charge in [-0.15, -0.1) is 0 Å². The predicted octanol–water partition coefficient (Wildman–Crippen LogP) is 1.52. The molecule has 0 aliphatic rings. The van der Waals surface area contributed by atoms with Gasteiger partial charge in [0.15, 0.2) is 5.82 Å².